The Bertz CT molecular complexity index is 1240. The van der Waals surface area contributed by atoms with Crippen LogP contribution in [0.4, 0.5) is 5.82 Å². The summed E-state index contributed by atoms with van der Waals surface area (Å²) >= 11 is 1.85. The van der Waals surface area contributed by atoms with Crippen molar-refractivity contribution in [3.05, 3.63) is 59.7 Å². The number of nitrogens with zero attached hydrogens (tertiary/aromatic N) is 4. The van der Waals surface area contributed by atoms with Crippen molar-refractivity contribution in [3.8, 4) is 0 Å². The van der Waals surface area contributed by atoms with Crippen LogP contribution in [0.1, 0.15) is 56.6 Å². The molecule has 2 aromatic carbocycles. The molecule has 5 rings (SSSR count). The van der Waals surface area contributed by atoms with Crippen LogP contribution in [-0.4, -0.2) is 38.3 Å². The number of para-hydroxylation sites is 1. The quantitative estimate of drug-likeness (QED) is 0.211. The number of rotatable bonds is 10. The van der Waals surface area contributed by atoms with Crippen molar-refractivity contribution in [3.63, 3.8) is 0 Å². The first-order chi connectivity index (χ1) is 16.7. The molecule has 2 aromatic heterocycles. The van der Waals surface area contributed by atoms with E-state index < -0.39 is 0 Å². The lowest BCUT2D eigenvalue weighted by molar-refractivity contribution is 0.331. The second-order valence-electron chi connectivity index (χ2n) is 9.40. The number of aromatic nitrogens is 3. The second kappa shape index (κ2) is 10.8. The minimum Gasteiger partial charge on any atom is -0.382 e. The molecular weight excluding hydrogens is 438 g/mol. The normalized spacial score (nSPS) is 14.5. The number of hydrogen-bond acceptors (Lipinski definition) is 5. The SMILES string of the molecule is CCCCCCSc1nc2c(N)nc3ccccc3c2n1Cc1ccc(CN2CCCC2)cc1. The lowest BCUT2D eigenvalue weighted by atomic mass is 10.1. The minimum absolute atomic E-state index is 0.515. The van der Waals surface area contributed by atoms with Gasteiger partial charge in [0.25, 0.3) is 0 Å². The maximum atomic E-state index is 6.39. The summed E-state index contributed by atoms with van der Waals surface area (Å²) in [6.45, 7) is 6.55. The maximum Gasteiger partial charge on any atom is 0.169 e. The van der Waals surface area contributed by atoms with Gasteiger partial charge in [-0.25, -0.2) is 9.97 Å². The Labute approximate surface area is 206 Å². The van der Waals surface area contributed by atoms with Crippen molar-refractivity contribution in [2.45, 2.75) is 63.7 Å². The predicted octanol–water partition coefficient (Wildman–Crippen LogP) is 6.48. The number of hydrogen-bond donors (Lipinski definition) is 1. The van der Waals surface area contributed by atoms with Crippen LogP contribution >= 0.6 is 11.8 Å². The standard InChI is InChI=1S/C28H35N5S/c1-2-3-4-9-18-34-28-31-25-26(23-10-5-6-11-24(23)30-27(25)29)33(28)20-22-14-12-21(13-15-22)19-32-16-7-8-17-32/h5-6,10-15H,2-4,7-9,16-20H2,1H3,(H2,29,30). The van der Waals surface area contributed by atoms with Gasteiger partial charge >= 0.3 is 0 Å². The lowest BCUT2D eigenvalue weighted by Gasteiger charge is -2.15. The van der Waals surface area contributed by atoms with Crippen LogP contribution < -0.4 is 5.73 Å². The number of pyridine rings is 1. The zero-order valence-electron chi connectivity index (χ0n) is 20.2. The Kier molecular flexibility index (Phi) is 7.36. The monoisotopic (exact) mass is 473 g/mol. The topological polar surface area (TPSA) is 60.0 Å². The molecule has 0 saturated carbocycles. The maximum absolute atomic E-state index is 6.39. The van der Waals surface area contributed by atoms with Crippen LogP contribution in [0.25, 0.3) is 21.9 Å². The van der Waals surface area contributed by atoms with Gasteiger partial charge < -0.3 is 10.3 Å². The molecule has 1 fully saturated rings. The molecule has 6 heteroatoms. The molecule has 0 radical (unpaired) electrons. The summed E-state index contributed by atoms with van der Waals surface area (Å²) in [6, 6.07) is 17.4. The van der Waals surface area contributed by atoms with Gasteiger partial charge in [0.15, 0.2) is 11.0 Å². The summed E-state index contributed by atoms with van der Waals surface area (Å²) < 4.78 is 2.36. The number of nitrogens with two attached hydrogens (primary N) is 1. The van der Waals surface area contributed by atoms with Gasteiger partial charge in [0, 0.05) is 17.7 Å². The first-order valence-electron chi connectivity index (χ1n) is 12.7. The highest BCUT2D eigenvalue weighted by Crippen LogP contribution is 2.33. The van der Waals surface area contributed by atoms with E-state index in [0.29, 0.717) is 5.82 Å². The van der Waals surface area contributed by atoms with Crippen LogP contribution in [0.2, 0.25) is 0 Å². The van der Waals surface area contributed by atoms with Gasteiger partial charge in [-0.1, -0.05) is 80.4 Å². The Balaban J connectivity index is 1.46. The molecule has 4 aromatic rings. The first kappa shape index (κ1) is 23.2. The molecule has 0 aliphatic carbocycles. The molecular formula is C28H35N5S. The van der Waals surface area contributed by atoms with Crippen molar-refractivity contribution >= 4 is 39.5 Å². The van der Waals surface area contributed by atoms with E-state index in [2.05, 4.69) is 57.8 Å². The smallest absolute Gasteiger partial charge is 0.169 e. The predicted molar refractivity (Wildman–Crippen MR) is 144 cm³/mol. The third kappa shape index (κ3) is 5.08. The van der Waals surface area contributed by atoms with Crippen molar-refractivity contribution in [1.29, 1.82) is 0 Å². The number of fused-ring (bicyclic) bond motifs is 3. The van der Waals surface area contributed by atoms with Crippen LogP contribution in [0.3, 0.4) is 0 Å². The summed E-state index contributed by atoms with van der Waals surface area (Å²) in [7, 11) is 0. The van der Waals surface area contributed by atoms with Crippen LogP contribution in [0, 0.1) is 0 Å². The highest BCUT2D eigenvalue weighted by atomic mass is 32.2. The van der Waals surface area contributed by atoms with Gasteiger partial charge in [0.1, 0.15) is 5.52 Å². The largest absolute Gasteiger partial charge is 0.382 e. The summed E-state index contributed by atoms with van der Waals surface area (Å²) in [5, 5.41) is 2.15. The fourth-order valence-corrected chi connectivity index (χ4v) is 5.92. The van der Waals surface area contributed by atoms with Crippen molar-refractivity contribution in [2.24, 2.45) is 0 Å². The number of benzene rings is 2. The highest BCUT2D eigenvalue weighted by Gasteiger charge is 2.18. The number of imidazole rings is 1. The summed E-state index contributed by atoms with van der Waals surface area (Å²) in [5.74, 6) is 1.59. The van der Waals surface area contributed by atoms with Gasteiger partial charge in [-0.15, -0.1) is 0 Å². The molecule has 1 saturated heterocycles. The summed E-state index contributed by atoms with van der Waals surface area (Å²) in [5.41, 5.74) is 11.9. The van der Waals surface area contributed by atoms with Gasteiger partial charge in [-0.3, -0.25) is 4.90 Å². The summed E-state index contributed by atoms with van der Waals surface area (Å²) in [4.78, 5) is 12.2. The van der Waals surface area contributed by atoms with Crippen LogP contribution in [0.5, 0.6) is 0 Å². The Morgan fingerprint density at radius 1 is 0.882 bits per heavy atom. The van der Waals surface area contributed by atoms with E-state index in [1.165, 1.54) is 62.7 Å². The molecule has 1 aliphatic heterocycles. The Morgan fingerprint density at radius 3 is 2.38 bits per heavy atom. The van der Waals surface area contributed by atoms with Crippen LogP contribution in [0.15, 0.2) is 53.7 Å². The second-order valence-corrected chi connectivity index (χ2v) is 10.5. The van der Waals surface area contributed by atoms with E-state index in [1.807, 2.05) is 23.9 Å². The number of likely N-dealkylation sites (tertiary alicyclic amines) is 1. The van der Waals surface area contributed by atoms with Crippen molar-refractivity contribution in [2.75, 3.05) is 24.6 Å². The first-order valence-corrected chi connectivity index (χ1v) is 13.7. The third-order valence-electron chi connectivity index (χ3n) is 6.77. The minimum atomic E-state index is 0.515. The lowest BCUT2D eigenvalue weighted by Crippen LogP contribution is -2.18. The molecule has 0 bridgehead atoms. The molecule has 2 N–H and O–H groups in total. The molecule has 0 spiro atoms. The Morgan fingerprint density at radius 2 is 1.62 bits per heavy atom. The Hall–Kier alpha value is -2.57. The number of unbranched alkanes of at least 4 members (excludes halogenated alkanes) is 3. The van der Waals surface area contributed by atoms with Gasteiger partial charge in [-0.05, 0) is 49.5 Å². The zero-order chi connectivity index (χ0) is 23.3. The average Bonchev–Trinajstić information content (AvgIpc) is 3.49. The van der Waals surface area contributed by atoms with E-state index in [1.54, 1.807) is 0 Å². The summed E-state index contributed by atoms with van der Waals surface area (Å²) in [6.07, 6.45) is 7.69. The van der Waals surface area contributed by atoms with E-state index in [0.717, 1.165) is 45.9 Å². The fourth-order valence-electron chi connectivity index (χ4n) is 4.92. The van der Waals surface area contributed by atoms with E-state index in [-0.39, 0.29) is 0 Å². The van der Waals surface area contributed by atoms with E-state index >= 15 is 0 Å². The zero-order valence-corrected chi connectivity index (χ0v) is 21.0. The number of thioether (sulfide) groups is 1. The molecule has 178 valence electrons. The number of nitrogen functional groups attached to an aromatic ring is 1. The molecule has 1 aliphatic rings. The van der Waals surface area contributed by atoms with Crippen LogP contribution in [-0.2, 0) is 13.1 Å². The third-order valence-corrected chi connectivity index (χ3v) is 7.84. The van der Waals surface area contributed by atoms with Gasteiger partial charge in [0.05, 0.1) is 17.6 Å². The van der Waals surface area contributed by atoms with E-state index in [9.17, 15) is 0 Å². The molecule has 0 unspecified atom stereocenters. The highest BCUT2D eigenvalue weighted by molar-refractivity contribution is 7.99. The van der Waals surface area contributed by atoms with Crippen molar-refractivity contribution in [1.82, 2.24) is 19.4 Å². The molecule has 0 atom stereocenters. The van der Waals surface area contributed by atoms with Gasteiger partial charge in [0.2, 0.25) is 0 Å². The van der Waals surface area contributed by atoms with Gasteiger partial charge in [-0.2, -0.15) is 0 Å². The fraction of sp³-hybridized carbons (Fsp3) is 0.429. The van der Waals surface area contributed by atoms with Crippen molar-refractivity contribution < 1.29 is 0 Å². The van der Waals surface area contributed by atoms with E-state index in [4.69, 9.17) is 10.7 Å². The molecule has 34 heavy (non-hydrogen) atoms. The number of anilines is 1. The molecule has 3 heterocycles. The molecule has 5 nitrogen and oxygen atoms in total. The average molecular weight is 474 g/mol. The molecule has 0 amide bonds.